The lowest BCUT2D eigenvalue weighted by Gasteiger charge is -2.12. The SMILES string of the molecule is CCNC(=O)O.Cc1ccc2c(c1)C(C)C1CNCC21. The van der Waals surface area contributed by atoms with Crippen LogP contribution in [-0.4, -0.2) is 30.8 Å². The molecule has 2 aliphatic rings. The van der Waals surface area contributed by atoms with Crippen molar-refractivity contribution in [1.29, 1.82) is 0 Å². The van der Waals surface area contributed by atoms with Gasteiger partial charge in [0.05, 0.1) is 0 Å². The molecule has 1 fully saturated rings. The Bertz CT molecular complexity index is 487. The molecule has 20 heavy (non-hydrogen) atoms. The van der Waals surface area contributed by atoms with Crippen molar-refractivity contribution in [2.75, 3.05) is 19.6 Å². The molecule has 0 radical (unpaired) electrons. The normalized spacial score (nSPS) is 26.2. The Kier molecular flexibility index (Phi) is 4.65. The number of carboxylic acid groups (broad SMARTS) is 1. The summed E-state index contributed by atoms with van der Waals surface area (Å²) >= 11 is 0. The minimum Gasteiger partial charge on any atom is -0.465 e. The molecule has 3 rings (SSSR count). The molecule has 110 valence electrons. The van der Waals surface area contributed by atoms with E-state index in [1.54, 1.807) is 18.1 Å². The number of nitrogens with one attached hydrogen (secondary N) is 2. The van der Waals surface area contributed by atoms with Crippen molar-refractivity contribution in [2.45, 2.75) is 32.6 Å². The highest BCUT2D eigenvalue weighted by Gasteiger charge is 2.40. The van der Waals surface area contributed by atoms with Gasteiger partial charge in [-0.3, -0.25) is 0 Å². The van der Waals surface area contributed by atoms with Crippen molar-refractivity contribution >= 4 is 6.09 Å². The molecule has 0 aromatic heterocycles. The van der Waals surface area contributed by atoms with Crippen LogP contribution in [0.2, 0.25) is 0 Å². The smallest absolute Gasteiger partial charge is 0.404 e. The fourth-order valence-corrected chi connectivity index (χ4v) is 3.37. The van der Waals surface area contributed by atoms with E-state index >= 15 is 0 Å². The molecule has 3 N–H and O–H groups in total. The Labute approximate surface area is 120 Å². The van der Waals surface area contributed by atoms with Crippen LogP contribution in [0.5, 0.6) is 0 Å². The summed E-state index contributed by atoms with van der Waals surface area (Å²) in [6.45, 7) is 9.18. The van der Waals surface area contributed by atoms with Gasteiger partial charge in [0.2, 0.25) is 0 Å². The maximum atomic E-state index is 9.49. The molecule has 0 bridgehead atoms. The van der Waals surface area contributed by atoms with Crippen LogP contribution in [0.25, 0.3) is 0 Å². The third-order valence-electron chi connectivity index (χ3n) is 4.36. The number of aryl methyl sites for hydroxylation is 1. The summed E-state index contributed by atoms with van der Waals surface area (Å²) in [4.78, 5) is 9.49. The largest absolute Gasteiger partial charge is 0.465 e. The molecule has 1 heterocycles. The molecule has 1 aliphatic heterocycles. The van der Waals surface area contributed by atoms with E-state index in [2.05, 4.69) is 42.7 Å². The monoisotopic (exact) mass is 276 g/mol. The van der Waals surface area contributed by atoms with Crippen molar-refractivity contribution in [1.82, 2.24) is 10.6 Å². The summed E-state index contributed by atoms with van der Waals surface area (Å²) in [5.41, 5.74) is 4.63. The number of carbonyl (C=O) groups is 1. The van der Waals surface area contributed by atoms with Gasteiger partial charge in [0.1, 0.15) is 0 Å². The van der Waals surface area contributed by atoms with E-state index in [1.165, 1.54) is 18.7 Å². The third kappa shape index (κ3) is 2.96. The second-order valence-electron chi connectivity index (χ2n) is 5.69. The molecular weight excluding hydrogens is 252 g/mol. The van der Waals surface area contributed by atoms with Crippen LogP contribution in [-0.2, 0) is 0 Å². The van der Waals surface area contributed by atoms with Crippen LogP contribution in [0.3, 0.4) is 0 Å². The summed E-state index contributed by atoms with van der Waals surface area (Å²) in [6, 6.07) is 6.99. The predicted molar refractivity (Wildman–Crippen MR) is 80.4 cm³/mol. The highest BCUT2D eigenvalue weighted by Crippen LogP contribution is 2.47. The van der Waals surface area contributed by atoms with Crippen molar-refractivity contribution in [2.24, 2.45) is 5.92 Å². The third-order valence-corrected chi connectivity index (χ3v) is 4.36. The van der Waals surface area contributed by atoms with Gasteiger partial charge in [-0.1, -0.05) is 30.7 Å². The molecule has 1 aliphatic carbocycles. The summed E-state index contributed by atoms with van der Waals surface area (Å²) in [6.07, 6.45) is -0.961. The average Bonchev–Trinajstić information content (AvgIpc) is 2.95. The molecule has 1 aromatic rings. The van der Waals surface area contributed by atoms with Gasteiger partial charge < -0.3 is 15.7 Å². The number of hydrogen-bond donors (Lipinski definition) is 3. The van der Waals surface area contributed by atoms with Crippen molar-refractivity contribution < 1.29 is 9.90 Å². The Morgan fingerprint density at radius 3 is 2.75 bits per heavy atom. The van der Waals surface area contributed by atoms with E-state index in [0.717, 1.165) is 17.8 Å². The molecule has 0 saturated carbocycles. The summed E-state index contributed by atoms with van der Waals surface area (Å²) < 4.78 is 0. The van der Waals surface area contributed by atoms with Crippen LogP contribution < -0.4 is 10.6 Å². The first kappa shape index (κ1) is 14.9. The fraction of sp³-hybridized carbons (Fsp3) is 0.562. The van der Waals surface area contributed by atoms with Crippen LogP contribution in [0.1, 0.15) is 42.4 Å². The number of benzene rings is 1. The summed E-state index contributed by atoms with van der Waals surface area (Å²) in [5.74, 6) is 2.40. The van der Waals surface area contributed by atoms with Crippen molar-refractivity contribution in [3.8, 4) is 0 Å². The lowest BCUT2D eigenvalue weighted by Crippen LogP contribution is -2.19. The van der Waals surface area contributed by atoms with Crippen LogP contribution in [0.4, 0.5) is 4.79 Å². The number of hydrogen-bond acceptors (Lipinski definition) is 2. The average molecular weight is 276 g/mol. The molecule has 1 amide bonds. The Hall–Kier alpha value is -1.55. The number of rotatable bonds is 1. The van der Waals surface area contributed by atoms with Gasteiger partial charge >= 0.3 is 6.09 Å². The predicted octanol–water partition coefficient (Wildman–Crippen LogP) is 2.69. The van der Waals surface area contributed by atoms with E-state index in [-0.39, 0.29) is 0 Å². The van der Waals surface area contributed by atoms with Gasteiger partial charge in [-0.05, 0) is 43.4 Å². The molecular formula is C16H24N2O2. The highest BCUT2D eigenvalue weighted by atomic mass is 16.4. The lowest BCUT2D eigenvalue weighted by molar-refractivity contribution is 0.195. The van der Waals surface area contributed by atoms with Crippen LogP contribution in [0.15, 0.2) is 18.2 Å². The van der Waals surface area contributed by atoms with E-state index in [0.29, 0.717) is 6.54 Å². The zero-order valence-electron chi connectivity index (χ0n) is 12.4. The van der Waals surface area contributed by atoms with E-state index < -0.39 is 6.09 Å². The lowest BCUT2D eigenvalue weighted by atomic mass is 9.91. The standard InChI is InChI=1S/C13H17N.C3H7NO2/c1-8-3-4-10-11(5-8)9(2)12-6-14-7-13(10)12;1-2-4-3(5)6/h3-5,9,12-14H,6-7H2,1-2H3;4H,2H2,1H3,(H,5,6). The van der Waals surface area contributed by atoms with Crippen LogP contribution in [0, 0.1) is 12.8 Å². The topological polar surface area (TPSA) is 61.4 Å². The van der Waals surface area contributed by atoms with Gasteiger partial charge in [-0.15, -0.1) is 0 Å². The molecule has 4 heteroatoms. The first-order valence-corrected chi connectivity index (χ1v) is 7.32. The van der Waals surface area contributed by atoms with Crippen molar-refractivity contribution in [3.05, 3.63) is 34.9 Å². The molecule has 4 nitrogen and oxygen atoms in total. The second kappa shape index (κ2) is 6.27. The maximum absolute atomic E-state index is 9.49. The summed E-state index contributed by atoms with van der Waals surface area (Å²) in [7, 11) is 0. The Morgan fingerprint density at radius 2 is 2.15 bits per heavy atom. The van der Waals surface area contributed by atoms with Gasteiger partial charge in [0.25, 0.3) is 0 Å². The zero-order valence-corrected chi connectivity index (χ0v) is 12.4. The number of amides is 1. The Morgan fingerprint density at radius 1 is 1.40 bits per heavy atom. The van der Waals surface area contributed by atoms with Crippen molar-refractivity contribution in [3.63, 3.8) is 0 Å². The van der Waals surface area contributed by atoms with Gasteiger partial charge in [-0.25, -0.2) is 4.79 Å². The van der Waals surface area contributed by atoms with E-state index in [1.807, 2.05) is 0 Å². The van der Waals surface area contributed by atoms with Gasteiger partial charge in [0, 0.05) is 19.0 Å². The highest BCUT2D eigenvalue weighted by molar-refractivity contribution is 5.64. The molecule has 1 saturated heterocycles. The first-order valence-electron chi connectivity index (χ1n) is 7.32. The van der Waals surface area contributed by atoms with Gasteiger partial charge in [-0.2, -0.15) is 0 Å². The maximum Gasteiger partial charge on any atom is 0.404 e. The molecule has 0 spiro atoms. The fourth-order valence-electron chi connectivity index (χ4n) is 3.37. The second-order valence-corrected chi connectivity index (χ2v) is 5.69. The first-order chi connectivity index (χ1) is 9.54. The van der Waals surface area contributed by atoms with Crippen LogP contribution >= 0.6 is 0 Å². The minimum atomic E-state index is -0.961. The molecule has 3 unspecified atom stereocenters. The van der Waals surface area contributed by atoms with Gasteiger partial charge in [0.15, 0.2) is 0 Å². The van der Waals surface area contributed by atoms with E-state index in [4.69, 9.17) is 5.11 Å². The zero-order chi connectivity index (χ0) is 14.7. The quantitative estimate of drug-likeness (QED) is 0.739. The summed E-state index contributed by atoms with van der Waals surface area (Å²) in [5, 5.41) is 13.4. The number of fused-ring (bicyclic) bond motifs is 3. The van der Waals surface area contributed by atoms with E-state index in [9.17, 15) is 4.79 Å². The molecule has 3 atom stereocenters. The minimum absolute atomic E-state index is 0.481. The Balaban J connectivity index is 0.000000212. The molecule has 1 aromatic carbocycles.